The molecule has 2 aromatic heterocycles. The molecule has 0 N–H and O–H groups in total. The van der Waals surface area contributed by atoms with Gasteiger partial charge in [0.05, 0.1) is 19.8 Å². The largest absolute Gasteiger partial charge is 0.378 e. The average molecular weight is 408 g/mol. The lowest BCUT2D eigenvalue weighted by atomic mass is 10.1. The van der Waals surface area contributed by atoms with Crippen molar-refractivity contribution in [1.29, 1.82) is 0 Å². The first-order valence-corrected chi connectivity index (χ1v) is 10.8. The predicted octanol–water partition coefficient (Wildman–Crippen LogP) is 1.90. The van der Waals surface area contributed by atoms with Gasteiger partial charge in [0.1, 0.15) is 5.82 Å². The van der Waals surface area contributed by atoms with Crippen molar-refractivity contribution in [2.75, 3.05) is 62.3 Å². The highest BCUT2D eigenvalue weighted by Crippen LogP contribution is 2.22. The number of fused-ring (bicyclic) bond motifs is 1. The van der Waals surface area contributed by atoms with Crippen molar-refractivity contribution in [3.63, 3.8) is 0 Å². The van der Waals surface area contributed by atoms with Crippen LogP contribution in [0, 0.1) is 13.8 Å². The standard InChI is InChI=1S/C22H29N7O/c1-17-5-3-4-6-19(17)27-9-7-26(8-10-27)16-20-24-22-23-18(2)15-21(29(22)25-20)28-11-13-30-14-12-28/h3-6,15H,7-14,16H2,1-2H3. The Labute approximate surface area is 177 Å². The second kappa shape index (κ2) is 8.20. The minimum atomic E-state index is 0.685. The van der Waals surface area contributed by atoms with E-state index in [1.165, 1.54) is 11.3 Å². The first kappa shape index (κ1) is 19.3. The number of ether oxygens (including phenoxy) is 1. The zero-order valence-electron chi connectivity index (χ0n) is 17.8. The average Bonchev–Trinajstić information content (AvgIpc) is 3.17. The second-order valence-corrected chi connectivity index (χ2v) is 8.14. The first-order chi connectivity index (χ1) is 14.7. The van der Waals surface area contributed by atoms with E-state index >= 15 is 0 Å². The number of para-hydroxylation sites is 1. The molecule has 0 saturated carbocycles. The Balaban J connectivity index is 1.30. The highest BCUT2D eigenvalue weighted by Gasteiger charge is 2.21. The van der Waals surface area contributed by atoms with E-state index in [9.17, 15) is 0 Å². The monoisotopic (exact) mass is 407 g/mol. The van der Waals surface area contributed by atoms with Gasteiger partial charge in [-0.25, -0.2) is 4.98 Å². The third kappa shape index (κ3) is 3.85. The maximum Gasteiger partial charge on any atom is 0.254 e. The van der Waals surface area contributed by atoms with Crippen LogP contribution < -0.4 is 9.80 Å². The topological polar surface area (TPSA) is 62.0 Å². The molecule has 1 aromatic carbocycles. The van der Waals surface area contributed by atoms with Gasteiger partial charge in [0.25, 0.3) is 5.78 Å². The number of hydrogen-bond acceptors (Lipinski definition) is 7. The van der Waals surface area contributed by atoms with E-state index in [-0.39, 0.29) is 0 Å². The Morgan fingerprint density at radius 1 is 0.900 bits per heavy atom. The van der Waals surface area contributed by atoms with E-state index in [1.807, 2.05) is 11.4 Å². The van der Waals surface area contributed by atoms with Crippen molar-refractivity contribution in [3.8, 4) is 0 Å². The van der Waals surface area contributed by atoms with Crippen LogP contribution in [0.25, 0.3) is 5.78 Å². The molecular formula is C22H29N7O. The van der Waals surface area contributed by atoms with E-state index in [0.29, 0.717) is 5.78 Å². The van der Waals surface area contributed by atoms with Crippen LogP contribution >= 0.6 is 0 Å². The van der Waals surface area contributed by atoms with Gasteiger partial charge in [0.2, 0.25) is 0 Å². The lowest BCUT2D eigenvalue weighted by molar-refractivity contribution is 0.122. The van der Waals surface area contributed by atoms with Crippen LogP contribution in [-0.4, -0.2) is 77.0 Å². The molecule has 158 valence electrons. The number of piperazine rings is 1. The highest BCUT2D eigenvalue weighted by molar-refractivity contribution is 5.53. The van der Waals surface area contributed by atoms with Crippen LogP contribution in [0.1, 0.15) is 17.1 Å². The molecule has 30 heavy (non-hydrogen) atoms. The summed E-state index contributed by atoms with van der Waals surface area (Å²) in [4.78, 5) is 16.6. The van der Waals surface area contributed by atoms with Crippen LogP contribution in [0.15, 0.2) is 30.3 Å². The highest BCUT2D eigenvalue weighted by atomic mass is 16.5. The van der Waals surface area contributed by atoms with Gasteiger partial charge in [-0.15, -0.1) is 5.10 Å². The fourth-order valence-corrected chi connectivity index (χ4v) is 4.36. The number of hydrogen-bond donors (Lipinski definition) is 0. The van der Waals surface area contributed by atoms with E-state index < -0.39 is 0 Å². The molecule has 0 spiro atoms. The molecule has 0 aliphatic carbocycles. The van der Waals surface area contributed by atoms with Gasteiger partial charge in [-0.2, -0.15) is 9.50 Å². The van der Waals surface area contributed by atoms with Gasteiger partial charge >= 0.3 is 0 Å². The quantitative estimate of drug-likeness (QED) is 0.655. The third-order valence-corrected chi connectivity index (χ3v) is 5.99. The number of morpholine rings is 1. The Bertz CT molecular complexity index is 1020. The van der Waals surface area contributed by atoms with Gasteiger partial charge in [-0.1, -0.05) is 18.2 Å². The van der Waals surface area contributed by atoms with Crippen molar-refractivity contribution >= 4 is 17.3 Å². The van der Waals surface area contributed by atoms with E-state index in [1.54, 1.807) is 0 Å². The van der Waals surface area contributed by atoms with Gasteiger partial charge in [-0.3, -0.25) is 4.90 Å². The number of aromatic nitrogens is 4. The fraction of sp³-hybridized carbons (Fsp3) is 0.500. The fourth-order valence-electron chi connectivity index (χ4n) is 4.36. The molecule has 8 heteroatoms. The van der Waals surface area contributed by atoms with Crippen LogP contribution in [-0.2, 0) is 11.3 Å². The van der Waals surface area contributed by atoms with E-state index in [2.05, 4.69) is 56.9 Å². The van der Waals surface area contributed by atoms with Crippen molar-refractivity contribution in [3.05, 3.63) is 47.4 Å². The van der Waals surface area contributed by atoms with Crippen LogP contribution in [0.3, 0.4) is 0 Å². The molecule has 2 aliphatic rings. The van der Waals surface area contributed by atoms with Gasteiger partial charge in [0, 0.05) is 56.7 Å². The number of anilines is 2. The SMILES string of the molecule is Cc1cc(N2CCOCC2)n2nc(CN3CCN(c4ccccc4C)CC3)nc2n1. The summed E-state index contributed by atoms with van der Waals surface area (Å²) in [6.45, 7) is 12.2. The summed E-state index contributed by atoms with van der Waals surface area (Å²) in [5.41, 5.74) is 3.65. The summed E-state index contributed by atoms with van der Waals surface area (Å²) < 4.78 is 7.40. The number of aryl methyl sites for hydroxylation is 2. The Hall–Kier alpha value is -2.71. The maximum absolute atomic E-state index is 5.50. The number of nitrogens with zero attached hydrogens (tertiary/aromatic N) is 7. The molecule has 3 aromatic rings. The van der Waals surface area contributed by atoms with Crippen LogP contribution in [0.5, 0.6) is 0 Å². The molecule has 2 saturated heterocycles. The summed E-state index contributed by atoms with van der Waals surface area (Å²) in [5, 5.41) is 4.82. The normalized spacial score (nSPS) is 18.3. The van der Waals surface area contributed by atoms with E-state index in [0.717, 1.165) is 76.4 Å². The van der Waals surface area contributed by atoms with Gasteiger partial charge in [-0.05, 0) is 25.5 Å². The Kier molecular flexibility index (Phi) is 5.26. The lowest BCUT2D eigenvalue weighted by Gasteiger charge is -2.36. The molecule has 2 fully saturated rings. The minimum absolute atomic E-state index is 0.685. The lowest BCUT2D eigenvalue weighted by Crippen LogP contribution is -2.46. The smallest absolute Gasteiger partial charge is 0.254 e. The first-order valence-electron chi connectivity index (χ1n) is 10.8. The summed E-state index contributed by atoms with van der Waals surface area (Å²) in [7, 11) is 0. The van der Waals surface area contributed by atoms with E-state index in [4.69, 9.17) is 14.8 Å². The number of benzene rings is 1. The summed E-state index contributed by atoms with van der Waals surface area (Å²) in [6.07, 6.45) is 0. The third-order valence-electron chi connectivity index (χ3n) is 5.99. The minimum Gasteiger partial charge on any atom is -0.378 e. The van der Waals surface area contributed by atoms with Crippen molar-refractivity contribution in [2.45, 2.75) is 20.4 Å². The molecule has 4 heterocycles. The van der Waals surface area contributed by atoms with Crippen molar-refractivity contribution in [2.24, 2.45) is 0 Å². The molecule has 0 atom stereocenters. The molecule has 0 bridgehead atoms. The molecule has 5 rings (SSSR count). The summed E-state index contributed by atoms with van der Waals surface area (Å²) in [6, 6.07) is 10.7. The molecule has 2 aliphatic heterocycles. The van der Waals surface area contributed by atoms with Crippen LogP contribution in [0.2, 0.25) is 0 Å². The van der Waals surface area contributed by atoms with Gasteiger partial charge < -0.3 is 14.5 Å². The molecular weight excluding hydrogens is 378 g/mol. The molecule has 0 unspecified atom stereocenters. The summed E-state index contributed by atoms with van der Waals surface area (Å²) >= 11 is 0. The Morgan fingerprint density at radius 3 is 2.43 bits per heavy atom. The van der Waals surface area contributed by atoms with Crippen LogP contribution in [0.4, 0.5) is 11.5 Å². The van der Waals surface area contributed by atoms with Crippen molar-refractivity contribution < 1.29 is 4.74 Å². The summed E-state index contributed by atoms with van der Waals surface area (Å²) in [5.74, 6) is 2.58. The Morgan fingerprint density at radius 2 is 1.67 bits per heavy atom. The molecule has 8 nitrogen and oxygen atoms in total. The predicted molar refractivity (Wildman–Crippen MR) is 117 cm³/mol. The maximum atomic E-state index is 5.50. The zero-order valence-corrected chi connectivity index (χ0v) is 17.8. The number of rotatable bonds is 4. The van der Waals surface area contributed by atoms with Crippen molar-refractivity contribution in [1.82, 2.24) is 24.5 Å². The molecule has 0 radical (unpaired) electrons. The van der Waals surface area contributed by atoms with Gasteiger partial charge in [0.15, 0.2) is 5.82 Å². The zero-order chi connectivity index (χ0) is 20.5. The molecule has 0 amide bonds. The second-order valence-electron chi connectivity index (χ2n) is 8.14.